The number of esters is 1. The van der Waals surface area contributed by atoms with E-state index in [2.05, 4.69) is 4.98 Å². The third-order valence-corrected chi connectivity index (χ3v) is 5.79. The molecule has 2 aromatic carbocycles. The minimum atomic E-state index is -4.50. The highest BCUT2D eigenvalue weighted by atomic mass is 19.4. The van der Waals surface area contributed by atoms with Crippen LogP contribution < -0.4 is 0 Å². The van der Waals surface area contributed by atoms with E-state index in [1.807, 2.05) is 38.1 Å². The van der Waals surface area contributed by atoms with Gasteiger partial charge in [0.1, 0.15) is 0 Å². The number of nitrogens with one attached hydrogen (secondary N) is 1. The molecule has 1 aromatic heterocycles. The van der Waals surface area contributed by atoms with Crippen molar-refractivity contribution < 1.29 is 27.5 Å². The Bertz CT molecular complexity index is 1280. The number of benzene rings is 2. The van der Waals surface area contributed by atoms with Gasteiger partial charge in [0, 0.05) is 34.6 Å². The van der Waals surface area contributed by atoms with Crippen LogP contribution in [0.4, 0.5) is 13.2 Å². The Morgan fingerprint density at radius 3 is 2.32 bits per heavy atom. The number of nitrogens with zero attached hydrogens (tertiary/aromatic N) is 1. The lowest BCUT2D eigenvalue weighted by Gasteiger charge is -2.29. The molecular weight excluding hydrogens is 445 g/mol. The number of aromatic nitrogens is 1. The van der Waals surface area contributed by atoms with Crippen LogP contribution in [0.5, 0.6) is 0 Å². The summed E-state index contributed by atoms with van der Waals surface area (Å²) >= 11 is 0. The van der Waals surface area contributed by atoms with Crippen LogP contribution in [0.1, 0.15) is 54.9 Å². The van der Waals surface area contributed by atoms with Crippen molar-refractivity contribution in [2.45, 2.75) is 45.4 Å². The number of para-hydroxylation sites is 1. The number of halogens is 3. The van der Waals surface area contributed by atoms with Crippen LogP contribution in [0.25, 0.3) is 16.5 Å². The molecule has 0 radical (unpaired) electrons. The summed E-state index contributed by atoms with van der Waals surface area (Å²) in [5.41, 5.74) is 1.15. The predicted octanol–water partition coefficient (Wildman–Crippen LogP) is 5.91. The lowest BCUT2D eigenvalue weighted by atomic mass is 9.81. The Kier molecular flexibility index (Phi) is 5.79. The van der Waals surface area contributed by atoms with E-state index in [9.17, 15) is 22.8 Å². The fourth-order valence-electron chi connectivity index (χ4n) is 4.35. The first-order chi connectivity index (χ1) is 15.9. The summed E-state index contributed by atoms with van der Waals surface area (Å²) in [4.78, 5) is 31.1. The molecule has 0 unspecified atom stereocenters. The van der Waals surface area contributed by atoms with Gasteiger partial charge in [-0.25, -0.2) is 4.79 Å². The van der Waals surface area contributed by atoms with Gasteiger partial charge in [0.25, 0.3) is 5.91 Å². The highest BCUT2D eigenvalue weighted by Gasteiger charge is 2.38. The smallest absolute Gasteiger partial charge is 0.416 e. The van der Waals surface area contributed by atoms with Crippen molar-refractivity contribution in [1.82, 2.24) is 9.88 Å². The van der Waals surface area contributed by atoms with Crippen molar-refractivity contribution in [2.75, 3.05) is 6.54 Å². The molecule has 0 saturated carbocycles. The SMILES string of the molecule is CC(C)OC(=O)C1=CN(C(=O)c2ccc(C(F)(F)F)cc2)CC(C)(C)c2c1[nH]c1ccccc21. The minimum absolute atomic E-state index is 0.0899. The monoisotopic (exact) mass is 470 g/mol. The van der Waals surface area contributed by atoms with Crippen molar-refractivity contribution in [3.05, 3.63) is 77.1 Å². The Morgan fingerprint density at radius 1 is 1.06 bits per heavy atom. The molecule has 1 N–H and O–H groups in total. The first kappa shape index (κ1) is 23.6. The van der Waals surface area contributed by atoms with E-state index in [1.165, 1.54) is 11.1 Å². The van der Waals surface area contributed by atoms with E-state index in [4.69, 9.17) is 4.74 Å². The molecule has 34 heavy (non-hydrogen) atoms. The molecule has 0 atom stereocenters. The molecule has 1 aliphatic heterocycles. The summed E-state index contributed by atoms with van der Waals surface area (Å²) in [7, 11) is 0. The van der Waals surface area contributed by atoms with Crippen LogP contribution in [0, 0.1) is 0 Å². The van der Waals surface area contributed by atoms with Crippen LogP contribution in [-0.4, -0.2) is 34.4 Å². The number of alkyl halides is 3. The van der Waals surface area contributed by atoms with Crippen LogP contribution in [0.15, 0.2) is 54.7 Å². The number of H-pyrrole nitrogens is 1. The molecule has 5 nitrogen and oxygen atoms in total. The summed E-state index contributed by atoms with van der Waals surface area (Å²) in [6.07, 6.45) is -3.44. The average molecular weight is 470 g/mol. The van der Waals surface area contributed by atoms with Crippen molar-refractivity contribution in [2.24, 2.45) is 0 Å². The predicted molar refractivity (Wildman–Crippen MR) is 123 cm³/mol. The number of carbonyl (C=O) groups is 2. The maximum Gasteiger partial charge on any atom is 0.416 e. The summed E-state index contributed by atoms with van der Waals surface area (Å²) < 4.78 is 44.3. The van der Waals surface area contributed by atoms with Gasteiger partial charge in [-0.2, -0.15) is 13.2 Å². The lowest BCUT2D eigenvalue weighted by molar-refractivity contribution is -0.140. The molecule has 1 amide bonds. The second-order valence-corrected chi connectivity index (χ2v) is 9.31. The third-order valence-electron chi connectivity index (χ3n) is 5.79. The molecule has 8 heteroatoms. The minimum Gasteiger partial charge on any atom is -0.459 e. The number of ether oxygens (including phenoxy) is 1. The number of hydrogen-bond acceptors (Lipinski definition) is 3. The van der Waals surface area contributed by atoms with Gasteiger partial charge in [0.2, 0.25) is 0 Å². The van der Waals surface area contributed by atoms with Gasteiger partial charge >= 0.3 is 12.1 Å². The second kappa shape index (κ2) is 8.34. The van der Waals surface area contributed by atoms with E-state index in [-0.39, 0.29) is 23.8 Å². The number of carbonyl (C=O) groups excluding carboxylic acids is 2. The van der Waals surface area contributed by atoms with Crippen molar-refractivity contribution >= 4 is 28.4 Å². The Labute approximate surface area is 195 Å². The molecule has 0 fully saturated rings. The summed E-state index contributed by atoms with van der Waals surface area (Å²) in [6, 6.07) is 11.7. The topological polar surface area (TPSA) is 62.4 Å². The number of aromatic amines is 1. The molecular formula is C26H25F3N2O3. The standard InChI is InChI=1S/C26H25F3N2O3/c1-15(2)34-24(33)19-13-31(23(32)16-9-11-17(12-10-16)26(27,28)29)14-25(3,4)21-18-7-5-6-8-20(18)30-22(19)21/h5-13,15,30H,14H2,1-4H3. The highest BCUT2D eigenvalue weighted by Crippen LogP contribution is 2.40. The van der Waals surface area contributed by atoms with Gasteiger partial charge in [-0.1, -0.05) is 32.0 Å². The normalized spacial score (nSPS) is 15.6. The van der Waals surface area contributed by atoms with Crippen LogP contribution in [-0.2, 0) is 21.1 Å². The quantitative estimate of drug-likeness (QED) is 0.484. The van der Waals surface area contributed by atoms with Gasteiger partial charge in [0.15, 0.2) is 0 Å². The first-order valence-corrected chi connectivity index (χ1v) is 10.9. The zero-order valence-electron chi connectivity index (χ0n) is 19.3. The maximum absolute atomic E-state index is 13.4. The molecule has 0 bridgehead atoms. The highest BCUT2D eigenvalue weighted by molar-refractivity contribution is 6.18. The molecule has 3 aromatic rings. The number of rotatable bonds is 3. The summed E-state index contributed by atoms with van der Waals surface area (Å²) in [6.45, 7) is 7.60. The van der Waals surface area contributed by atoms with Crippen LogP contribution in [0.3, 0.4) is 0 Å². The van der Waals surface area contributed by atoms with Crippen molar-refractivity contribution in [3.8, 4) is 0 Å². The molecule has 178 valence electrons. The van der Waals surface area contributed by atoms with E-state index in [0.29, 0.717) is 5.69 Å². The molecule has 4 rings (SSSR count). The number of fused-ring (bicyclic) bond motifs is 3. The van der Waals surface area contributed by atoms with Gasteiger partial charge in [-0.15, -0.1) is 0 Å². The van der Waals surface area contributed by atoms with Crippen LogP contribution in [0.2, 0.25) is 0 Å². The molecule has 0 aliphatic carbocycles. The van der Waals surface area contributed by atoms with Gasteiger partial charge in [0.05, 0.1) is 22.9 Å². The zero-order chi connectivity index (χ0) is 24.8. The van der Waals surface area contributed by atoms with E-state index in [1.54, 1.807) is 13.8 Å². The summed E-state index contributed by atoms with van der Waals surface area (Å²) in [5.74, 6) is -1.10. The molecule has 2 heterocycles. The molecule has 0 saturated heterocycles. The molecule has 1 aliphatic rings. The Morgan fingerprint density at radius 2 is 1.71 bits per heavy atom. The maximum atomic E-state index is 13.4. The second-order valence-electron chi connectivity index (χ2n) is 9.31. The zero-order valence-corrected chi connectivity index (χ0v) is 19.3. The molecule has 0 spiro atoms. The van der Waals surface area contributed by atoms with Gasteiger partial charge in [-0.05, 0) is 49.7 Å². The van der Waals surface area contributed by atoms with Crippen molar-refractivity contribution in [1.29, 1.82) is 0 Å². The van der Waals surface area contributed by atoms with Crippen molar-refractivity contribution in [3.63, 3.8) is 0 Å². The average Bonchev–Trinajstić information content (AvgIpc) is 3.10. The Balaban J connectivity index is 1.83. The number of amides is 1. The fraction of sp³-hybridized carbons (Fsp3) is 0.308. The Hall–Kier alpha value is -3.55. The largest absolute Gasteiger partial charge is 0.459 e. The van der Waals surface area contributed by atoms with Gasteiger partial charge in [-0.3, -0.25) is 4.79 Å². The van der Waals surface area contributed by atoms with E-state index in [0.717, 1.165) is 40.7 Å². The third kappa shape index (κ3) is 4.32. The first-order valence-electron chi connectivity index (χ1n) is 10.9. The number of hydrogen-bond donors (Lipinski definition) is 1. The summed E-state index contributed by atoms with van der Waals surface area (Å²) in [5, 5.41) is 0.926. The van der Waals surface area contributed by atoms with Gasteiger partial charge < -0.3 is 14.6 Å². The van der Waals surface area contributed by atoms with E-state index >= 15 is 0 Å². The fourth-order valence-corrected chi connectivity index (χ4v) is 4.35. The lowest BCUT2D eigenvalue weighted by Crippen LogP contribution is -2.37. The van der Waals surface area contributed by atoms with E-state index < -0.39 is 29.0 Å². The van der Waals surface area contributed by atoms with Crippen LogP contribution >= 0.6 is 0 Å².